The van der Waals surface area contributed by atoms with Crippen LogP contribution in [0.15, 0.2) is 24.3 Å². The minimum absolute atomic E-state index is 0.203. The number of nitrogens with zero attached hydrogens (tertiary/aromatic N) is 2. The summed E-state index contributed by atoms with van der Waals surface area (Å²) in [4.78, 5) is 4.80. The molecule has 0 atom stereocenters. The zero-order valence-electron chi connectivity index (χ0n) is 19.1. The van der Waals surface area contributed by atoms with Crippen molar-refractivity contribution in [2.75, 3.05) is 51.7 Å². The summed E-state index contributed by atoms with van der Waals surface area (Å²) in [6.45, 7) is 16.2. The van der Waals surface area contributed by atoms with Gasteiger partial charge in [-0.25, -0.2) is 0 Å². The van der Waals surface area contributed by atoms with Crippen molar-refractivity contribution >= 4 is 17.1 Å². The topological polar surface area (TPSA) is 75.4 Å². The van der Waals surface area contributed by atoms with E-state index in [4.69, 9.17) is 15.6 Å². The number of anilines is 1. The molecule has 162 valence electrons. The van der Waals surface area contributed by atoms with E-state index in [0.29, 0.717) is 24.5 Å². The van der Waals surface area contributed by atoms with Crippen molar-refractivity contribution in [1.82, 2.24) is 9.80 Å². The molecule has 6 heteroatoms. The lowest BCUT2D eigenvalue weighted by atomic mass is 9.83. The zero-order chi connectivity index (χ0) is 21.7. The van der Waals surface area contributed by atoms with Crippen LogP contribution in [0, 0.1) is 16.2 Å². The third-order valence-corrected chi connectivity index (χ3v) is 5.60. The van der Waals surface area contributed by atoms with Crippen LogP contribution >= 0.6 is 0 Å². The second-order valence-electron chi connectivity index (χ2n) is 9.65. The lowest BCUT2D eigenvalue weighted by Gasteiger charge is -2.32. The van der Waals surface area contributed by atoms with E-state index in [9.17, 15) is 0 Å². The Bertz CT molecular complexity index is 682. The molecule has 0 saturated carbocycles. The third-order valence-electron chi connectivity index (χ3n) is 5.60. The first-order valence-electron chi connectivity index (χ1n) is 10.5. The highest BCUT2D eigenvalue weighted by molar-refractivity contribution is 6.08. The van der Waals surface area contributed by atoms with Gasteiger partial charge in [0.05, 0.1) is 5.54 Å². The smallest absolute Gasteiger partial charge is 0.119 e. The van der Waals surface area contributed by atoms with Crippen LogP contribution in [0.2, 0.25) is 0 Å². The first-order chi connectivity index (χ1) is 13.5. The first-order valence-corrected chi connectivity index (χ1v) is 10.5. The summed E-state index contributed by atoms with van der Waals surface area (Å²) in [6, 6.07) is 7.94. The molecule has 1 aliphatic heterocycles. The van der Waals surface area contributed by atoms with Crippen molar-refractivity contribution in [3.63, 3.8) is 0 Å². The minimum Gasteiger partial charge on any atom is -0.492 e. The molecular weight excluding hydrogens is 362 g/mol. The van der Waals surface area contributed by atoms with Gasteiger partial charge in [0.1, 0.15) is 12.4 Å². The van der Waals surface area contributed by atoms with E-state index in [1.807, 2.05) is 58.9 Å². The van der Waals surface area contributed by atoms with Gasteiger partial charge in [0.25, 0.3) is 0 Å². The van der Waals surface area contributed by atoms with E-state index in [2.05, 4.69) is 22.2 Å². The maximum atomic E-state index is 8.46. The zero-order valence-corrected chi connectivity index (χ0v) is 19.1. The average Bonchev–Trinajstić information content (AvgIpc) is 2.63. The number of ether oxygens (including phenoxy) is 1. The minimum atomic E-state index is -0.513. The summed E-state index contributed by atoms with van der Waals surface area (Å²) in [5.74, 6) is 0.868. The van der Waals surface area contributed by atoms with Gasteiger partial charge in [0.2, 0.25) is 0 Å². The molecular formula is C23H39N5O. The molecule has 3 N–H and O–H groups in total. The molecule has 0 aliphatic carbocycles. The standard InChI is InChI=1S/C23H39N5O/c1-22(2,3)20(24)17-21(25)23(4,5)26-18-7-9-19(10-8-18)29-16-15-28-13-11-27(6)12-14-28/h7-10,24-26H,11-17H2,1-6H3. The summed E-state index contributed by atoms with van der Waals surface area (Å²) in [5.41, 5.74) is 1.34. The highest BCUT2D eigenvalue weighted by Gasteiger charge is 2.27. The van der Waals surface area contributed by atoms with Gasteiger partial charge in [0.15, 0.2) is 0 Å². The van der Waals surface area contributed by atoms with Crippen molar-refractivity contribution in [3.8, 4) is 5.75 Å². The van der Waals surface area contributed by atoms with Crippen LogP contribution in [0.3, 0.4) is 0 Å². The van der Waals surface area contributed by atoms with Gasteiger partial charge in [-0.05, 0) is 50.6 Å². The molecule has 0 aromatic heterocycles. The number of hydrogen-bond donors (Lipinski definition) is 3. The second-order valence-corrected chi connectivity index (χ2v) is 9.65. The SMILES string of the molecule is CN1CCN(CCOc2ccc(NC(C)(C)C(=N)CC(=N)C(C)(C)C)cc2)CC1. The van der Waals surface area contributed by atoms with E-state index >= 15 is 0 Å². The second kappa shape index (κ2) is 9.72. The third kappa shape index (κ3) is 7.44. The molecule has 6 nitrogen and oxygen atoms in total. The maximum Gasteiger partial charge on any atom is 0.119 e. The van der Waals surface area contributed by atoms with Crippen LogP contribution in [0.4, 0.5) is 5.69 Å². The molecule has 0 unspecified atom stereocenters. The van der Waals surface area contributed by atoms with Gasteiger partial charge in [0, 0.05) is 56.3 Å². The molecule has 0 radical (unpaired) electrons. The van der Waals surface area contributed by atoms with Gasteiger partial charge in [-0.2, -0.15) is 0 Å². The predicted molar refractivity (Wildman–Crippen MR) is 123 cm³/mol. The summed E-state index contributed by atoms with van der Waals surface area (Å²) in [6.07, 6.45) is 0.386. The Hall–Kier alpha value is -1.92. The number of piperazine rings is 1. The van der Waals surface area contributed by atoms with E-state index in [0.717, 1.165) is 44.2 Å². The van der Waals surface area contributed by atoms with Crippen molar-refractivity contribution in [1.29, 1.82) is 10.8 Å². The Morgan fingerprint density at radius 1 is 0.966 bits per heavy atom. The maximum absolute atomic E-state index is 8.46. The monoisotopic (exact) mass is 401 g/mol. The van der Waals surface area contributed by atoms with Crippen molar-refractivity contribution in [2.24, 2.45) is 5.41 Å². The van der Waals surface area contributed by atoms with Crippen molar-refractivity contribution < 1.29 is 4.74 Å². The molecule has 1 aliphatic rings. The molecule has 0 amide bonds. The number of nitrogens with one attached hydrogen (secondary N) is 3. The molecule has 1 heterocycles. The molecule has 1 fully saturated rings. The van der Waals surface area contributed by atoms with Gasteiger partial charge in [-0.15, -0.1) is 0 Å². The number of likely N-dealkylation sites (N-methyl/N-ethyl adjacent to an activating group) is 1. The number of benzene rings is 1. The molecule has 2 rings (SSSR count). The van der Waals surface area contributed by atoms with Crippen molar-refractivity contribution in [3.05, 3.63) is 24.3 Å². The Kier molecular flexibility index (Phi) is 7.83. The summed E-state index contributed by atoms with van der Waals surface area (Å²) >= 11 is 0. The molecule has 0 spiro atoms. The van der Waals surface area contributed by atoms with Gasteiger partial charge in [-0.3, -0.25) is 4.90 Å². The quantitative estimate of drug-likeness (QED) is 0.547. The highest BCUT2D eigenvalue weighted by Crippen LogP contribution is 2.23. The number of hydrogen-bond acceptors (Lipinski definition) is 6. The fourth-order valence-electron chi connectivity index (χ4n) is 3.10. The van der Waals surface area contributed by atoms with Crippen LogP contribution in [-0.2, 0) is 0 Å². The highest BCUT2D eigenvalue weighted by atomic mass is 16.5. The summed E-state index contributed by atoms with van der Waals surface area (Å²) < 4.78 is 5.90. The van der Waals surface area contributed by atoms with Crippen LogP contribution in [0.25, 0.3) is 0 Å². The van der Waals surface area contributed by atoms with E-state index in [1.54, 1.807) is 0 Å². The fraction of sp³-hybridized carbons (Fsp3) is 0.652. The largest absolute Gasteiger partial charge is 0.492 e. The van der Waals surface area contributed by atoms with E-state index < -0.39 is 5.54 Å². The van der Waals surface area contributed by atoms with Crippen LogP contribution < -0.4 is 10.1 Å². The van der Waals surface area contributed by atoms with Gasteiger partial charge < -0.3 is 25.8 Å². The fourth-order valence-corrected chi connectivity index (χ4v) is 3.10. The van der Waals surface area contributed by atoms with Gasteiger partial charge >= 0.3 is 0 Å². The Labute approximate surface area is 176 Å². The number of rotatable bonds is 9. The molecule has 29 heavy (non-hydrogen) atoms. The first kappa shape index (κ1) is 23.4. The molecule has 0 bridgehead atoms. The molecule has 1 aromatic rings. The van der Waals surface area contributed by atoms with Crippen molar-refractivity contribution in [2.45, 2.75) is 46.6 Å². The summed E-state index contributed by atoms with van der Waals surface area (Å²) in [5, 5.41) is 20.1. The normalized spacial score (nSPS) is 16.5. The molecule has 1 aromatic carbocycles. The van der Waals surface area contributed by atoms with Crippen LogP contribution in [0.1, 0.15) is 41.0 Å². The Morgan fingerprint density at radius 3 is 2.10 bits per heavy atom. The summed E-state index contributed by atoms with van der Waals surface area (Å²) in [7, 11) is 2.17. The Balaban J connectivity index is 1.81. The Morgan fingerprint density at radius 2 is 1.55 bits per heavy atom. The van der Waals surface area contributed by atoms with Crippen LogP contribution in [-0.4, -0.2) is 73.1 Å². The van der Waals surface area contributed by atoms with E-state index in [-0.39, 0.29) is 5.41 Å². The lowest BCUT2D eigenvalue weighted by molar-refractivity contribution is 0.134. The van der Waals surface area contributed by atoms with Gasteiger partial charge in [-0.1, -0.05) is 20.8 Å². The lowest BCUT2D eigenvalue weighted by Crippen LogP contribution is -2.45. The average molecular weight is 402 g/mol. The van der Waals surface area contributed by atoms with E-state index in [1.165, 1.54) is 0 Å². The van der Waals surface area contributed by atoms with Crippen LogP contribution in [0.5, 0.6) is 5.75 Å². The predicted octanol–water partition coefficient (Wildman–Crippen LogP) is 3.98. The molecule has 1 saturated heterocycles.